The van der Waals surface area contributed by atoms with Crippen LogP contribution in [0.1, 0.15) is 4.88 Å². The number of aromatic nitrogens is 1. The van der Waals surface area contributed by atoms with E-state index in [1.807, 2.05) is 6.92 Å². The Labute approximate surface area is 162 Å². The molecule has 0 saturated heterocycles. The third-order valence-corrected chi connectivity index (χ3v) is 5.48. The van der Waals surface area contributed by atoms with Crippen molar-refractivity contribution in [3.05, 3.63) is 69.3 Å². The van der Waals surface area contributed by atoms with Gasteiger partial charge in [-0.3, -0.25) is 14.9 Å². The number of carbonyl (C=O) groups excluding carboxylic acids is 1. The number of rotatable bonds is 6. The highest BCUT2D eigenvalue weighted by Crippen LogP contribution is 2.30. The quantitative estimate of drug-likeness (QED) is 0.360. The van der Waals surface area contributed by atoms with Gasteiger partial charge in [-0.05, 0) is 43.3 Å². The highest BCUT2D eigenvalue weighted by molar-refractivity contribution is 8.00. The largest absolute Gasteiger partial charge is 0.301 e. The number of nitro groups is 1. The summed E-state index contributed by atoms with van der Waals surface area (Å²) in [7, 11) is 0. The number of thiazole rings is 1. The van der Waals surface area contributed by atoms with Gasteiger partial charge in [0.2, 0.25) is 5.91 Å². The molecule has 0 saturated carbocycles. The molecule has 6 nitrogen and oxygen atoms in total. The molecule has 138 valence electrons. The van der Waals surface area contributed by atoms with Crippen LogP contribution in [0.25, 0.3) is 11.3 Å². The fourth-order valence-electron chi connectivity index (χ4n) is 2.29. The average Bonchev–Trinajstić information content (AvgIpc) is 3.01. The molecule has 0 aliphatic rings. The molecule has 0 radical (unpaired) electrons. The predicted octanol–water partition coefficient (Wildman–Crippen LogP) is 4.90. The topological polar surface area (TPSA) is 85.1 Å². The first-order valence-corrected chi connectivity index (χ1v) is 9.63. The van der Waals surface area contributed by atoms with Crippen LogP contribution in [0.2, 0.25) is 0 Å². The van der Waals surface area contributed by atoms with Crippen LogP contribution in [-0.4, -0.2) is 21.6 Å². The van der Waals surface area contributed by atoms with Crippen molar-refractivity contribution in [3.63, 3.8) is 0 Å². The average molecular weight is 403 g/mol. The van der Waals surface area contributed by atoms with E-state index in [9.17, 15) is 19.3 Å². The summed E-state index contributed by atoms with van der Waals surface area (Å²) in [6.07, 6.45) is 0. The summed E-state index contributed by atoms with van der Waals surface area (Å²) in [5, 5.41) is 13.9. The van der Waals surface area contributed by atoms with Crippen molar-refractivity contribution >= 4 is 39.8 Å². The molecule has 0 fully saturated rings. The molecule has 1 aromatic heterocycles. The molecule has 0 atom stereocenters. The fraction of sp³-hybridized carbons (Fsp3) is 0.111. The van der Waals surface area contributed by atoms with Gasteiger partial charge in [0.25, 0.3) is 5.69 Å². The second-order valence-electron chi connectivity index (χ2n) is 5.52. The monoisotopic (exact) mass is 403 g/mol. The molecular weight excluding hydrogens is 389 g/mol. The van der Waals surface area contributed by atoms with Crippen molar-refractivity contribution in [1.29, 1.82) is 0 Å². The van der Waals surface area contributed by atoms with Gasteiger partial charge in [-0.2, -0.15) is 0 Å². The number of non-ortho nitro benzene ring substituents is 1. The van der Waals surface area contributed by atoms with Crippen LogP contribution in [0.4, 0.5) is 15.2 Å². The molecule has 0 aliphatic carbocycles. The van der Waals surface area contributed by atoms with Gasteiger partial charge in [0.15, 0.2) is 5.13 Å². The Balaban J connectivity index is 1.60. The van der Waals surface area contributed by atoms with Gasteiger partial charge in [0.05, 0.1) is 16.4 Å². The molecule has 1 amide bonds. The summed E-state index contributed by atoms with van der Waals surface area (Å²) in [6.45, 7) is 1.89. The van der Waals surface area contributed by atoms with E-state index in [0.29, 0.717) is 10.8 Å². The lowest BCUT2D eigenvalue weighted by Gasteiger charge is -2.02. The molecule has 27 heavy (non-hydrogen) atoms. The summed E-state index contributed by atoms with van der Waals surface area (Å²) in [4.78, 5) is 28.4. The maximum atomic E-state index is 13.1. The van der Waals surface area contributed by atoms with Crippen molar-refractivity contribution in [2.45, 2.75) is 11.8 Å². The van der Waals surface area contributed by atoms with Crippen LogP contribution in [0.3, 0.4) is 0 Å². The molecule has 0 bridgehead atoms. The first-order valence-electron chi connectivity index (χ1n) is 7.83. The van der Waals surface area contributed by atoms with Crippen LogP contribution < -0.4 is 5.32 Å². The zero-order valence-electron chi connectivity index (χ0n) is 14.1. The van der Waals surface area contributed by atoms with E-state index in [2.05, 4.69) is 10.3 Å². The lowest BCUT2D eigenvalue weighted by atomic mass is 10.1. The van der Waals surface area contributed by atoms with Crippen LogP contribution in [0.5, 0.6) is 0 Å². The van der Waals surface area contributed by atoms with E-state index in [1.165, 1.54) is 47.4 Å². The highest BCUT2D eigenvalue weighted by Gasteiger charge is 2.13. The lowest BCUT2D eigenvalue weighted by Crippen LogP contribution is -2.13. The van der Waals surface area contributed by atoms with E-state index < -0.39 is 4.92 Å². The van der Waals surface area contributed by atoms with Gasteiger partial charge >= 0.3 is 0 Å². The Bertz CT molecular complexity index is 973. The number of hydrogen-bond acceptors (Lipinski definition) is 6. The van der Waals surface area contributed by atoms with E-state index in [0.717, 1.165) is 15.3 Å². The second-order valence-corrected chi connectivity index (χ2v) is 7.77. The van der Waals surface area contributed by atoms with Crippen LogP contribution >= 0.6 is 23.1 Å². The number of hydrogen-bond donors (Lipinski definition) is 1. The zero-order chi connectivity index (χ0) is 19.4. The molecule has 3 aromatic rings. The minimum atomic E-state index is -0.468. The molecule has 0 spiro atoms. The predicted molar refractivity (Wildman–Crippen MR) is 105 cm³/mol. The molecule has 0 aliphatic heterocycles. The lowest BCUT2D eigenvalue weighted by molar-refractivity contribution is -0.384. The van der Waals surface area contributed by atoms with Crippen LogP contribution in [0.15, 0.2) is 53.4 Å². The molecule has 1 N–H and O–H groups in total. The number of carbonyl (C=O) groups is 1. The molecule has 1 heterocycles. The Kier molecular flexibility index (Phi) is 5.82. The van der Waals surface area contributed by atoms with Gasteiger partial charge in [-0.1, -0.05) is 0 Å². The number of benzene rings is 2. The SMILES string of the molecule is Cc1sc(NC(=O)CSc2ccc([N+](=O)[O-])cc2)nc1-c1ccc(F)cc1. The summed E-state index contributed by atoms with van der Waals surface area (Å²) in [5.74, 6) is -0.385. The van der Waals surface area contributed by atoms with Gasteiger partial charge in [-0.15, -0.1) is 23.1 Å². The van der Waals surface area contributed by atoms with Gasteiger partial charge in [0.1, 0.15) is 5.82 Å². The van der Waals surface area contributed by atoms with Crippen molar-refractivity contribution in [1.82, 2.24) is 4.98 Å². The van der Waals surface area contributed by atoms with Crippen molar-refractivity contribution in [2.75, 3.05) is 11.1 Å². The molecule has 0 unspecified atom stereocenters. The Hall–Kier alpha value is -2.78. The number of aryl methyl sites for hydroxylation is 1. The number of nitrogens with one attached hydrogen (secondary N) is 1. The van der Waals surface area contributed by atoms with Crippen LogP contribution in [-0.2, 0) is 4.79 Å². The fourth-order valence-corrected chi connectivity index (χ4v) is 3.84. The first kappa shape index (κ1) is 19.0. The molecule has 9 heteroatoms. The Morgan fingerprint density at radius 1 is 1.22 bits per heavy atom. The van der Waals surface area contributed by atoms with Crippen molar-refractivity contribution in [2.24, 2.45) is 0 Å². The minimum Gasteiger partial charge on any atom is -0.301 e. The normalized spacial score (nSPS) is 10.6. The summed E-state index contributed by atoms with van der Waals surface area (Å²) < 4.78 is 13.1. The standard InChI is InChI=1S/C18H14FN3O3S2/c1-11-17(12-2-4-13(19)5-3-12)21-18(27-11)20-16(23)10-26-15-8-6-14(7-9-15)22(24)25/h2-9H,10H2,1H3,(H,20,21,23). The number of nitro benzene ring substituents is 1. The van der Waals surface area contributed by atoms with Gasteiger partial charge in [-0.25, -0.2) is 9.37 Å². The third-order valence-electron chi connectivity index (χ3n) is 3.58. The highest BCUT2D eigenvalue weighted by atomic mass is 32.2. The molecule has 2 aromatic carbocycles. The Morgan fingerprint density at radius 2 is 1.89 bits per heavy atom. The summed E-state index contributed by atoms with van der Waals surface area (Å²) >= 11 is 2.63. The number of halogens is 1. The number of anilines is 1. The number of amides is 1. The Morgan fingerprint density at radius 3 is 2.52 bits per heavy atom. The second kappa shape index (κ2) is 8.28. The van der Waals surface area contributed by atoms with E-state index in [4.69, 9.17) is 0 Å². The third kappa shape index (κ3) is 4.89. The van der Waals surface area contributed by atoms with Gasteiger partial charge < -0.3 is 5.32 Å². The van der Waals surface area contributed by atoms with Gasteiger partial charge in [0, 0.05) is 27.5 Å². The number of nitrogens with zero attached hydrogens (tertiary/aromatic N) is 2. The summed E-state index contributed by atoms with van der Waals surface area (Å²) in [5.41, 5.74) is 1.50. The van der Waals surface area contributed by atoms with Crippen LogP contribution in [0, 0.1) is 22.9 Å². The van der Waals surface area contributed by atoms with Crippen molar-refractivity contribution in [3.8, 4) is 11.3 Å². The zero-order valence-corrected chi connectivity index (χ0v) is 15.8. The molecular formula is C18H14FN3O3S2. The van der Waals surface area contributed by atoms with Crippen molar-refractivity contribution < 1.29 is 14.1 Å². The van der Waals surface area contributed by atoms with E-state index in [-0.39, 0.29) is 23.2 Å². The van der Waals surface area contributed by atoms with E-state index >= 15 is 0 Å². The maximum absolute atomic E-state index is 13.1. The smallest absolute Gasteiger partial charge is 0.269 e. The molecule has 3 rings (SSSR count). The maximum Gasteiger partial charge on any atom is 0.269 e. The summed E-state index contributed by atoms with van der Waals surface area (Å²) in [6, 6.07) is 12.0. The first-order chi connectivity index (χ1) is 12.9. The number of thioether (sulfide) groups is 1. The minimum absolute atomic E-state index is 0.00962. The van der Waals surface area contributed by atoms with E-state index in [1.54, 1.807) is 24.3 Å².